The average Bonchev–Trinajstić information content (AvgIpc) is 3.09. The van der Waals surface area contributed by atoms with Crippen molar-refractivity contribution < 1.29 is 4.79 Å². The van der Waals surface area contributed by atoms with Gasteiger partial charge in [0.05, 0.1) is 11.1 Å². The van der Waals surface area contributed by atoms with Crippen molar-refractivity contribution in [3.05, 3.63) is 65.4 Å². The lowest BCUT2D eigenvalue weighted by Gasteiger charge is -2.40. The van der Waals surface area contributed by atoms with E-state index in [1.807, 2.05) is 48.5 Å². The van der Waals surface area contributed by atoms with Crippen molar-refractivity contribution in [1.82, 2.24) is 20.2 Å². The number of amides is 1. The predicted octanol–water partition coefficient (Wildman–Crippen LogP) is 3.38. The summed E-state index contributed by atoms with van der Waals surface area (Å²) in [6.07, 6.45) is 4.20. The van der Waals surface area contributed by atoms with Gasteiger partial charge in [-0.3, -0.25) is 4.79 Å². The van der Waals surface area contributed by atoms with E-state index in [0.717, 1.165) is 30.5 Å². The molecular weight excluding hydrogens is 338 g/mol. The Bertz CT molecular complexity index is 905. The highest BCUT2D eigenvalue weighted by Gasteiger charge is 2.45. The van der Waals surface area contributed by atoms with Gasteiger partial charge in [-0.1, -0.05) is 36.2 Å². The summed E-state index contributed by atoms with van der Waals surface area (Å²) < 4.78 is 1.55. The molecule has 1 saturated carbocycles. The molecule has 126 valence electrons. The second kappa shape index (κ2) is 6.29. The van der Waals surface area contributed by atoms with Crippen molar-refractivity contribution in [3.8, 4) is 5.69 Å². The predicted molar refractivity (Wildman–Crippen MR) is 94.8 cm³/mol. The molecule has 1 fully saturated rings. The third-order valence-corrected chi connectivity index (χ3v) is 4.97. The van der Waals surface area contributed by atoms with Crippen LogP contribution in [0.2, 0.25) is 5.02 Å². The monoisotopic (exact) mass is 353 g/mol. The van der Waals surface area contributed by atoms with Gasteiger partial charge in [0.15, 0.2) is 0 Å². The third-order valence-electron chi connectivity index (χ3n) is 4.74. The molecule has 2 aromatic carbocycles. The van der Waals surface area contributed by atoms with Gasteiger partial charge in [-0.2, -0.15) is 0 Å². The maximum absolute atomic E-state index is 13.0. The Balaban J connectivity index is 1.60. The molecule has 1 aliphatic rings. The fraction of sp³-hybridized carbons (Fsp3) is 0.222. The maximum Gasteiger partial charge on any atom is 0.235 e. The van der Waals surface area contributed by atoms with E-state index in [4.69, 9.17) is 11.6 Å². The smallest absolute Gasteiger partial charge is 0.235 e. The quantitative estimate of drug-likeness (QED) is 0.780. The molecule has 4 rings (SSSR count). The topological polar surface area (TPSA) is 72.7 Å². The van der Waals surface area contributed by atoms with Crippen molar-refractivity contribution >= 4 is 23.2 Å². The summed E-state index contributed by atoms with van der Waals surface area (Å²) in [6.45, 7) is 0. The Kier molecular flexibility index (Phi) is 3.97. The van der Waals surface area contributed by atoms with Crippen LogP contribution in [0, 0.1) is 0 Å². The van der Waals surface area contributed by atoms with Crippen LogP contribution in [0.5, 0.6) is 0 Å². The molecule has 0 unspecified atom stereocenters. The van der Waals surface area contributed by atoms with Crippen LogP contribution in [0.25, 0.3) is 5.69 Å². The van der Waals surface area contributed by atoms with Crippen LogP contribution >= 0.6 is 11.6 Å². The number of nitrogens with one attached hydrogen (secondary N) is 1. The zero-order chi connectivity index (χ0) is 17.3. The van der Waals surface area contributed by atoms with Crippen LogP contribution in [0.3, 0.4) is 0 Å². The summed E-state index contributed by atoms with van der Waals surface area (Å²) in [5, 5.41) is 14.8. The molecule has 0 aliphatic heterocycles. The normalized spacial score (nSPS) is 15.4. The second-order valence-electron chi connectivity index (χ2n) is 6.20. The number of carbonyl (C=O) groups is 1. The highest BCUT2D eigenvalue weighted by atomic mass is 35.5. The Morgan fingerprint density at radius 3 is 2.68 bits per heavy atom. The Hall–Kier alpha value is -2.73. The Labute approximate surface area is 149 Å². The molecule has 1 amide bonds. The summed E-state index contributed by atoms with van der Waals surface area (Å²) in [5.74, 6) is -0.00474. The maximum atomic E-state index is 13.0. The standard InChI is InChI=1S/C18H16ClN5O/c19-14-5-1-4-13(10-14)18(8-3-9-18)17(25)21-15-6-2-7-16(11-15)24-12-20-22-23-24/h1-2,4-7,10-12H,3,8-9H2,(H,21,25). The molecule has 0 radical (unpaired) electrons. The van der Waals surface area contributed by atoms with Crippen LogP contribution in [0.15, 0.2) is 54.9 Å². The van der Waals surface area contributed by atoms with E-state index in [0.29, 0.717) is 10.7 Å². The number of tetrazole rings is 1. The van der Waals surface area contributed by atoms with E-state index in [1.54, 1.807) is 4.68 Å². The number of hydrogen-bond acceptors (Lipinski definition) is 4. The fourth-order valence-electron chi connectivity index (χ4n) is 3.22. The number of hydrogen-bond donors (Lipinski definition) is 1. The lowest BCUT2D eigenvalue weighted by atomic mass is 9.64. The summed E-state index contributed by atoms with van der Waals surface area (Å²) in [5.41, 5.74) is 1.97. The zero-order valence-electron chi connectivity index (χ0n) is 13.4. The SMILES string of the molecule is O=C(Nc1cccc(-n2cnnn2)c1)C1(c2cccc(Cl)c2)CCC1. The lowest BCUT2D eigenvalue weighted by Crippen LogP contribution is -2.46. The summed E-state index contributed by atoms with van der Waals surface area (Å²) in [4.78, 5) is 13.0. The van der Waals surface area contributed by atoms with Crippen molar-refractivity contribution in [2.75, 3.05) is 5.32 Å². The van der Waals surface area contributed by atoms with Crippen LogP contribution in [0.1, 0.15) is 24.8 Å². The van der Waals surface area contributed by atoms with Crippen molar-refractivity contribution in [1.29, 1.82) is 0 Å². The number of aromatic nitrogens is 4. The molecule has 7 heteroatoms. The van der Waals surface area contributed by atoms with Gasteiger partial charge in [0.25, 0.3) is 0 Å². The van der Waals surface area contributed by atoms with Crippen LogP contribution in [0.4, 0.5) is 5.69 Å². The number of rotatable bonds is 4. The van der Waals surface area contributed by atoms with Gasteiger partial charge in [-0.25, -0.2) is 4.68 Å². The van der Waals surface area contributed by atoms with Gasteiger partial charge in [0.1, 0.15) is 6.33 Å². The van der Waals surface area contributed by atoms with Gasteiger partial charge in [0.2, 0.25) is 5.91 Å². The minimum Gasteiger partial charge on any atom is -0.325 e. The van der Waals surface area contributed by atoms with E-state index in [9.17, 15) is 4.79 Å². The minimum absolute atomic E-state index is 0.00474. The molecular formula is C18H16ClN5O. The summed E-state index contributed by atoms with van der Waals surface area (Å²) in [6, 6.07) is 15.0. The van der Waals surface area contributed by atoms with Crippen LogP contribution in [-0.2, 0) is 10.2 Å². The van der Waals surface area contributed by atoms with E-state index >= 15 is 0 Å². The highest BCUT2D eigenvalue weighted by Crippen LogP contribution is 2.45. The zero-order valence-corrected chi connectivity index (χ0v) is 14.1. The summed E-state index contributed by atoms with van der Waals surface area (Å²) in [7, 11) is 0. The highest BCUT2D eigenvalue weighted by molar-refractivity contribution is 6.30. The first kappa shape index (κ1) is 15.8. The van der Waals surface area contributed by atoms with E-state index < -0.39 is 5.41 Å². The molecule has 1 aromatic heterocycles. The lowest BCUT2D eigenvalue weighted by molar-refractivity contribution is -0.124. The van der Waals surface area contributed by atoms with Crippen molar-refractivity contribution in [3.63, 3.8) is 0 Å². The van der Waals surface area contributed by atoms with E-state index in [2.05, 4.69) is 20.8 Å². The van der Waals surface area contributed by atoms with Gasteiger partial charge in [-0.15, -0.1) is 5.10 Å². The number of benzene rings is 2. The molecule has 3 aromatic rings. The van der Waals surface area contributed by atoms with Gasteiger partial charge in [-0.05, 0) is 59.2 Å². The second-order valence-corrected chi connectivity index (χ2v) is 6.64. The van der Waals surface area contributed by atoms with E-state index in [-0.39, 0.29) is 5.91 Å². The molecule has 1 heterocycles. The van der Waals surface area contributed by atoms with Crippen molar-refractivity contribution in [2.24, 2.45) is 0 Å². The molecule has 0 saturated heterocycles. The number of carbonyl (C=O) groups excluding carboxylic acids is 1. The largest absolute Gasteiger partial charge is 0.325 e. The molecule has 0 bridgehead atoms. The molecule has 1 N–H and O–H groups in total. The summed E-state index contributed by atoms with van der Waals surface area (Å²) >= 11 is 6.12. The number of nitrogens with zero attached hydrogens (tertiary/aromatic N) is 4. The Morgan fingerprint density at radius 2 is 2.00 bits per heavy atom. The van der Waals surface area contributed by atoms with Gasteiger partial charge < -0.3 is 5.32 Å². The van der Waals surface area contributed by atoms with E-state index in [1.165, 1.54) is 6.33 Å². The number of halogens is 1. The molecule has 1 aliphatic carbocycles. The Morgan fingerprint density at radius 1 is 1.16 bits per heavy atom. The first-order valence-corrected chi connectivity index (χ1v) is 8.46. The first-order valence-electron chi connectivity index (χ1n) is 8.08. The molecule has 25 heavy (non-hydrogen) atoms. The van der Waals surface area contributed by atoms with Crippen LogP contribution in [-0.4, -0.2) is 26.1 Å². The molecule has 6 nitrogen and oxygen atoms in total. The average molecular weight is 354 g/mol. The molecule has 0 atom stereocenters. The molecule has 0 spiro atoms. The minimum atomic E-state index is -0.504. The number of anilines is 1. The third kappa shape index (κ3) is 2.89. The van der Waals surface area contributed by atoms with Crippen molar-refractivity contribution in [2.45, 2.75) is 24.7 Å². The van der Waals surface area contributed by atoms with Gasteiger partial charge >= 0.3 is 0 Å². The fourth-order valence-corrected chi connectivity index (χ4v) is 3.41. The first-order chi connectivity index (χ1) is 12.2. The van der Waals surface area contributed by atoms with Crippen LogP contribution < -0.4 is 5.32 Å². The van der Waals surface area contributed by atoms with Gasteiger partial charge in [0, 0.05) is 10.7 Å².